The van der Waals surface area contributed by atoms with E-state index in [4.69, 9.17) is 5.73 Å². The van der Waals surface area contributed by atoms with Crippen LogP contribution >= 0.6 is 12.6 Å². The first-order chi connectivity index (χ1) is 7.60. The summed E-state index contributed by atoms with van der Waals surface area (Å²) in [5, 5.41) is 19.6. The molecule has 1 rings (SSSR count). The van der Waals surface area contributed by atoms with Crippen molar-refractivity contribution in [3.63, 3.8) is 0 Å². The maximum atomic E-state index is 9.91. The maximum Gasteiger partial charge on any atom is 0.105 e. The number of aryl methyl sites for hydroxylation is 1. The van der Waals surface area contributed by atoms with Gasteiger partial charge in [0.25, 0.3) is 0 Å². The van der Waals surface area contributed by atoms with E-state index in [0.29, 0.717) is 17.7 Å². The van der Waals surface area contributed by atoms with Crippen LogP contribution in [-0.4, -0.2) is 22.1 Å². The number of anilines is 1. The predicted molar refractivity (Wildman–Crippen MR) is 69.7 cm³/mol. The van der Waals surface area contributed by atoms with Gasteiger partial charge in [0.05, 0.1) is 6.10 Å². The van der Waals surface area contributed by atoms with Crippen molar-refractivity contribution >= 4 is 18.3 Å². The second-order valence-corrected chi connectivity index (χ2v) is 4.28. The molecule has 3 nitrogen and oxygen atoms in total. The lowest BCUT2D eigenvalue weighted by Gasteiger charge is -2.18. The van der Waals surface area contributed by atoms with E-state index in [-0.39, 0.29) is 0 Å². The summed E-state index contributed by atoms with van der Waals surface area (Å²) in [7, 11) is 0. The number of aliphatic hydroxyl groups excluding tert-OH is 2. The minimum absolute atomic E-state index is 0.468. The lowest BCUT2D eigenvalue weighted by Crippen LogP contribution is -2.19. The van der Waals surface area contributed by atoms with Gasteiger partial charge in [0, 0.05) is 5.69 Å². The SMILES string of the molecule is CCc1cc(C(O)C(O)CCS)ccc1N. The average molecular weight is 241 g/mol. The Bertz CT molecular complexity index is 344. The first-order valence-electron chi connectivity index (χ1n) is 5.45. The van der Waals surface area contributed by atoms with Crippen LogP contribution < -0.4 is 5.73 Å². The van der Waals surface area contributed by atoms with Crippen molar-refractivity contribution in [3.05, 3.63) is 29.3 Å². The molecule has 4 heteroatoms. The lowest BCUT2D eigenvalue weighted by molar-refractivity contribution is 0.0172. The highest BCUT2D eigenvalue weighted by Gasteiger charge is 2.18. The summed E-state index contributed by atoms with van der Waals surface area (Å²) in [5.41, 5.74) is 8.21. The van der Waals surface area contributed by atoms with Crippen LogP contribution in [0.25, 0.3) is 0 Å². The largest absolute Gasteiger partial charge is 0.399 e. The van der Waals surface area contributed by atoms with E-state index >= 15 is 0 Å². The van der Waals surface area contributed by atoms with Gasteiger partial charge < -0.3 is 15.9 Å². The molecule has 0 bridgehead atoms. The number of thiol groups is 1. The van der Waals surface area contributed by atoms with Gasteiger partial charge in [0.1, 0.15) is 6.10 Å². The first-order valence-corrected chi connectivity index (χ1v) is 6.08. The zero-order chi connectivity index (χ0) is 12.1. The monoisotopic (exact) mass is 241 g/mol. The second-order valence-electron chi connectivity index (χ2n) is 3.84. The third-order valence-electron chi connectivity index (χ3n) is 2.68. The van der Waals surface area contributed by atoms with Crippen molar-refractivity contribution in [3.8, 4) is 0 Å². The van der Waals surface area contributed by atoms with E-state index in [2.05, 4.69) is 12.6 Å². The van der Waals surface area contributed by atoms with Crippen LogP contribution in [-0.2, 0) is 6.42 Å². The quantitative estimate of drug-likeness (QED) is 0.467. The predicted octanol–water partition coefficient (Wildman–Crippen LogP) is 1.55. The number of benzene rings is 1. The van der Waals surface area contributed by atoms with Crippen LogP contribution in [0.1, 0.15) is 30.6 Å². The molecule has 16 heavy (non-hydrogen) atoms. The zero-order valence-corrected chi connectivity index (χ0v) is 10.3. The van der Waals surface area contributed by atoms with E-state index in [0.717, 1.165) is 17.7 Å². The van der Waals surface area contributed by atoms with Gasteiger partial charge in [-0.25, -0.2) is 0 Å². The summed E-state index contributed by atoms with van der Waals surface area (Å²) in [6, 6.07) is 5.37. The summed E-state index contributed by atoms with van der Waals surface area (Å²) in [5.74, 6) is 0.549. The second kappa shape index (κ2) is 6.13. The minimum atomic E-state index is -0.863. The fourth-order valence-corrected chi connectivity index (χ4v) is 1.89. The Hall–Kier alpha value is -0.710. The Kier molecular flexibility index (Phi) is 5.12. The normalized spacial score (nSPS) is 14.8. The molecule has 0 fully saturated rings. The first kappa shape index (κ1) is 13.4. The van der Waals surface area contributed by atoms with Crippen LogP contribution in [0.15, 0.2) is 18.2 Å². The van der Waals surface area contributed by atoms with Crippen molar-refractivity contribution in [1.82, 2.24) is 0 Å². The molecule has 0 aliphatic carbocycles. The molecule has 1 aromatic carbocycles. The third-order valence-corrected chi connectivity index (χ3v) is 2.94. The molecule has 0 amide bonds. The number of nitrogens with two attached hydrogens (primary N) is 1. The summed E-state index contributed by atoms with van der Waals surface area (Å²) in [6.45, 7) is 2.01. The van der Waals surface area contributed by atoms with Crippen molar-refractivity contribution in [1.29, 1.82) is 0 Å². The van der Waals surface area contributed by atoms with E-state index in [9.17, 15) is 10.2 Å². The molecule has 2 atom stereocenters. The fraction of sp³-hybridized carbons (Fsp3) is 0.500. The third kappa shape index (κ3) is 3.14. The molecule has 0 saturated heterocycles. The Morgan fingerprint density at radius 3 is 2.62 bits per heavy atom. The zero-order valence-electron chi connectivity index (χ0n) is 9.43. The molecule has 0 spiro atoms. The molecule has 0 radical (unpaired) electrons. The highest BCUT2D eigenvalue weighted by molar-refractivity contribution is 7.80. The van der Waals surface area contributed by atoms with Crippen molar-refractivity contribution in [2.75, 3.05) is 11.5 Å². The van der Waals surface area contributed by atoms with E-state index < -0.39 is 12.2 Å². The molecule has 0 aliphatic heterocycles. The average Bonchev–Trinajstić information content (AvgIpc) is 2.29. The van der Waals surface area contributed by atoms with Crippen LogP contribution in [0.4, 0.5) is 5.69 Å². The van der Waals surface area contributed by atoms with E-state index in [1.807, 2.05) is 13.0 Å². The smallest absolute Gasteiger partial charge is 0.105 e. The van der Waals surface area contributed by atoms with Crippen molar-refractivity contribution in [2.45, 2.75) is 32.0 Å². The topological polar surface area (TPSA) is 66.5 Å². The molecule has 0 aliphatic rings. The van der Waals surface area contributed by atoms with Gasteiger partial charge in [-0.05, 0) is 35.8 Å². The fourth-order valence-electron chi connectivity index (χ4n) is 1.63. The molecular formula is C12H19NO2S. The molecule has 4 N–H and O–H groups in total. The van der Waals surface area contributed by atoms with Crippen molar-refractivity contribution < 1.29 is 10.2 Å². The molecular weight excluding hydrogens is 222 g/mol. The Labute approximate surface area is 102 Å². The van der Waals surface area contributed by atoms with Gasteiger partial charge in [-0.3, -0.25) is 0 Å². The van der Waals surface area contributed by atoms with Crippen LogP contribution in [0.5, 0.6) is 0 Å². The molecule has 1 aromatic rings. The molecule has 2 unspecified atom stereocenters. The molecule has 0 heterocycles. The van der Waals surface area contributed by atoms with Gasteiger partial charge in [0.2, 0.25) is 0 Å². The summed E-state index contributed by atoms with van der Waals surface area (Å²) in [4.78, 5) is 0. The van der Waals surface area contributed by atoms with Crippen LogP contribution in [0.3, 0.4) is 0 Å². The Morgan fingerprint density at radius 2 is 2.06 bits per heavy atom. The molecule has 90 valence electrons. The van der Waals surface area contributed by atoms with Crippen LogP contribution in [0.2, 0.25) is 0 Å². The number of rotatable bonds is 5. The van der Waals surface area contributed by atoms with Gasteiger partial charge in [-0.1, -0.05) is 19.1 Å². The standard InChI is InChI=1S/C12H19NO2S/c1-2-8-7-9(3-4-10(8)13)12(15)11(14)5-6-16/h3-4,7,11-12,14-16H,2,5-6,13H2,1H3. The van der Waals surface area contributed by atoms with Gasteiger partial charge in [-0.15, -0.1) is 0 Å². The summed E-state index contributed by atoms with van der Waals surface area (Å²) >= 11 is 4.03. The van der Waals surface area contributed by atoms with Crippen LogP contribution in [0, 0.1) is 0 Å². The minimum Gasteiger partial charge on any atom is -0.399 e. The van der Waals surface area contributed by atoms with Gasteiger partial charge in [0.15, 0.2) is 0 Å². The summed E-state index contributed by atoms with van der Waals surface area (Å²) in [6.07, 6.45) is -0.352. The highest BCUT2D eigenvalue weighted by Crippen LogP contribution is 2.23. The highest BCUT2D eigenvalue weighted by atomic mass is 32.1. The van der Waals surface area contributed by atoms with Gasteiger partial charge >= 0.3 is 0 Å². The Morgan fingerprint density at radius 1 is 1.38 bits per heavy atom. The Balaban J connectivity index is 2.87. The van der Waals surface area contributed by atoms with Crippen molar-refractivity contribution in [2.24, 2.45) is 0 Å². The lowest BCUT2D eigenvalue weighted by atomic mass is 9.99. The maximum absolute atomic E-state index is 9.91. The summed E-state index contributed by atoms with van der Waals surface area (Å²) < 4.78 is 0. The number of hydrogen-bond acceptors (Lipinski definition) is 4. The number of hydrogen-bond donors (Lipinski definition) is 4. The van der Waals surface area contributed by atoms with E-state index in [1.165, 1.54) is 0 Å². The number of nitrogen functional groups attached to an aromatic ring is 1. The van der Waals surface area contributed by atoms with Gasteiger partial charge in [-0.2, -0.15) is 12.6 Å². The van der Waals surface area contributed by atoms with E-state index in [1.54, 1.807) is 12.1 Å². The molecule has 0 saturated carbocycles. The number of aliphatic hydroxyl groups is 2. The molecule has 0 aromatic heterocycles.